The first kappa shape index (κ1) is 37.7. The summed E-state index contributed by atoms with van der Waals surface area (Å²) in [5, 5.41) is 2.45. The van der Waals surface area contributed by atoms with E-state index in [1.165, 1.54) is 60.8 Å². The van der Waals surface area contributed by atoms with Gasteiger partial charge in [-0.3, -0.25) is 0 Å². The topological polar surface area (TPSA) is 17.4 Å². The minimum absolute atomic E-state index is 0.264. The van der Waals surface area contributed by atoms with E-state index in [2.05, 4.69) is 238 Å². The van der Waals surface area contributed by atoms with Crippen LogP contribution in [0.15, 0.2) is 194 Å². The van der Waals surface area contributed by atoms with Gasteiger partial charge in [-0.1, -0.05) is 123 Å². The number of ether oxygens (including phenoxy) is 1. The summed E-state index contributed by atoms with van der Waals surface area (Å²) in [5.74, 6) is 1.41. The van der Waals surface area contributed by atoms with E-state index in [1.54, 1.807) is 0 Å². The van der Waals surface area contributed by atoms with Gasteiger partial charge < -0.3 is 14.2 Å². The second-order valence-electron chi connectivity index (χ2n) is 16.6. The molecule has 59 heavy (non-hydrogen) atoms. The number of aromatic nitrogens is 1. The van der Waals surface area contributed by atoms with E-state index in [1.807, 2.05) is 0 Å². The second-order valence-corrected chi connectivity index (χ2v) is 16.6. The minimum Gasteiger partial charge on any atom is -0.488 e. The Bertz CT molecular complexity index is 2830. The van der Waals surface area contributed by atoms with E-state index in [0.717, 1.165) is 34.9 Å². The van der Waals surface area contributed by atoms with Crippen LogP contribution in [0.1, 0.15) is 52.5 Å². The monoisotopic (exact) mass is 766 g/mol. The lowest BCUT2D eigenvalue weighted by Crippen LogP contribution is -2.22. The van der Waals surface area contributed by atoms with E-state index in [9.17, 15) is 0 Å². The molecule has 1 unspecified atom stereocenters. The number of nitrogens with zero attached hydrogens (tertiary/aromatic N) is 2. The Morgan fingerprint density at radius 3 is 1.39 bits per heavy atom. The van der Waals surface area contributed by atoms with Crippen molar-refractivity contribution in [1.82, 2.24) is 4.57 Å². The van der Waals surface area contributed by atoms with Crippen molar-refractivity contribution in [3.05, 3.63) is 200 Å². The van der Waals surface area contributed by atoms with Crippen LogP contribution in [0.5, 0.6) is 5.75 Å². The lowest BCUT2D eigenvalue weighted by atomic mass is 9.95. The van der Waals surface area contributed by atoms with E-state index >= 15 is 0 Å². The average Bonchev–Trinajstić information content (AvgIpc) is 3.60. The molecule has 0 aliphatic carbocycles. The van der Waals surface area contributed by atoms with Gasteiger partial charge in [0.05, 0.1) is 11.0 Å². The Balaban J connectivity index is 1.11. The van der Waals surface area contributed by atoms with Gasteiger partial charge in [-0.05, 0) is 157 Å². The van der Waals surface area contributed by atoms with Crippen LogP contribution in [-0.4, -0.2) is 10.2 Å². The molecule has 0 saturated heterocycles. The van der Waals surface area contributed by atoms with E-state index in [-0.39, 0.29) is 5.60 Å². The molecule has 0 saturated carbocycles. The molecule has 0 N–H and O–H groups in total. The molecular formula is C56H50N2O. The fraction of sp³-hybridized carbons (Fsp3) is 0.143. The highest BCUT2D eigenvalue weighted by molar-refractivity contribution is 6.11. The van der Waals surface area contributed by atoms with Crippen molar-refractivity contribution in [1.29, 1.82) is 0 Å². The van der Waals surface area contributed by atoms with Gasteiger partial charge in [-0.15, -0.1) is 0 Å². The Hall–Kier alpha value is -6.84. The molecule has 1 atom stereocenters. The molecule has 9 aromatic rings. The van der Waals surface area contributed by atoms with Gasteiger partial charge in [-0.25, -0.2) is 0 Å². The van der Waals surface area contributed by atoms with Crippen molar-refractivity contribution >= 4 is 38.9 Å². The number of rotatable bonds is 10. The predicted octanol–water partition coefficient (Wildman–Crippen LogP) is 15.9. The highest BCUT2D eigenvalue weighted by Crippen LogP contribution is 2.40. The maximum Gasteiger partial charge on any atom is 0.120 e. The predicted molar refractivity (Wildman–Crippen MR) is 251 cm³/mol. The summed E-state index contributed by atoms with van der Waals surface area (Å²) in [7, 11) is 0. The fourth-order valence-corrected chi connectivity index (χ4v) is 8.18. The summed E-state index contributed by atoms with van der Waals surface area (Å²) in [5.41, 5.74) is 15.1. The Kier molecular flexibility index (Phi) is 10.1. The molecule has 0 radical (unpaired) electrons. The smallest absolute Gasteiger partial charge is 0.120 e. The van der Waals surface area contributed by atoms with Crippen LogP contribution in [0, 0.1) is 0 Å². The molecule has 0 aliphatic rings. The zero-order valence-corrected chi connectivity index (χ0v) is 34.6. The van der Waals surface area contributed by atoms with Gasteiger partial charge >= 0.3 is 0 Å². The Labute approximate surface area is 348 Å². The molecule has 1 aromatic heterocycles. The summed E-state index contributed by atoms with van der Waals surface area (Å²) in [4.78, 5) is 2.32. The average molecular weight is 767 g/mol. The van der Waals surface area contributed by atoms with Crippen LogP contribution in [0.2, 0.25) is 0 Å². The molecule has 3 nitrogen and oxygen atoms in total. The van der Waals surface area contributed by atoms with Crippen LogP contribution < -0.4 is 9.64 Å². The third-order valence-electron chi connectivity index (χ3n) is 11.4. The van der Waals surface area contributed by atoms with Crippen molar-refractivity contribution in [2.45, 2.75) is 52.6 Å². The molecule has 0 amide bonds. The summed E-state index contributed by atoms with van der Waals surface area (Å²) in [6.07, 6.45) is 1.13. The zero-order chi connectivity index (χ0) is 40.5. The summed E-state index contributed by atoms with van der Waals surface area (Å²) in [6, 6.07) is 70.4. The molecule has 8 aromatic carbocycles. The molecule has 3 heteroatoms. The first-order chi connectivity index (χ1) is 28.7. The SMILES string of the molecule is CCC(C)c1ccc(-c2ccc3c(c2)c2cc(-c4ccc(N(c5ccccc5)c5ccc(-c6ccccc6)cc5)cc4)ccc2n3-c2ccc(OC(C)(C)C)cc2)cc1. The van der Waals surface area contributed by atoms with Gasteiger partial charge in [0.25, 0.3) is 0 Å². The Morgan fingerprint density at radius 2 is 0.898 bits per heavy atom. The molecule has 0 bridgehead atoms. The van der Waals surface area contributed by atoms with E-state index in [4.69, 9.17) is 4.74 Å². The number of anilines is 3. The van der Waals surface area contributed by atoms with Gasteiger partial charge in [0, 0.05) is 33.5 Å². The van der Waals surface area contributed by atoms with Crippen molar-refractivity contribution in [3.63, 3.8) is 0 Å². The second kappa shape index (κ2) is 15.8. The highest BCUT2D eigenvalue weighted by atomic mass is 16.5. The molecule has 0 fully saturated rings. The molecule has 290 valence electrons. The lowest BCUT2D eigenvalue weighted by Gasteiger charge is -2.26. The summed E-state index contributed by atoms with van der Waals surface area (Å²) < 4.78 is 8.57. The van der Waals surface area contributed by atoms with Gasteiger partial charge in [0.15, 0.2) is 0 Å². The molecular weight excluding hydrogens is 717 g/mol. The number of benzene rings is 8. The van der Waals surface area contributed by atoms with Gasteiger partial charge in [0.1, 0.15) is 11.4 Å². The number of para-hydroxylation sites is 1. The first-order valence-electron chi connectivity index (χ1n) is 20.8. The van der Waals surface area contributed by atoms with E-state index in [0.29, 0.717) is 5.92 Å². The lowest BCUT2D eigenvalue weighted by molar-refractivity contribution is 0.131. The van der Waals surface area contributed by atoms with Gasteiger partial charge in [0.2, 0.25) is 0 Å². The normalized spacial score (nSPS) is 12.2. The fourth-order valence-electron chi connectivity index (χ4n) is 8.18. The van der Waals surface area contributed by atoms with Crippen LogP contribution >= 0.6 is 0 Å². The summed E-state index contributed by atoms with van der Waals surface area (Å²) in [6.45, 7) is 10.8. The quantitative estimate of drug-likeness (QED) is 0.138. The van der Waals surface area contributed by atoms with Crippen LogP contribution in [-0.2, 0) is 0 Å². The number of hydrogen-bond acceptors (Lipinski definition) is 2. The minimum atomic E-state index is -0.264. The largest absolute Gasteiger partial charge is 0.488 e. The molecule has 0 aliphatic heterocycles. The highest BCUT2D eigenvalue weighted by Gasteiger charge is 2.18. The van der Waals surface area contributed by atoms with E-state index < -0.39 is 0 Å². The summed E-state index contributed by atoms with van der Waals surface area (Å²) >= 11 is 0. The Morgan fingerprint density at radius 1 is 0.475 bits per heavy atom. The van der Waals surface area contributed by atoms with Gasteiger partial charge in [-0.2, -0.15) is 0 Å². The maximum absolute atomic E-state index is 6.19. The molecule has 0 spiro atoms. The third-order valence-corrected chi connectivity index (χ3v) is 11.4. The third kappa shape index (κ3) is 7.77. The van der Waals surface area contributed by atoms with Crippen molar-refractivity contribution in [2.75, 3.05) is 4.90 Å². The van der Waals surface area contributed by atoms with Crippen molar-refractivity contribution in [3.8, 4) is 44.8 Å². The van der Waals surface area contributed by atoms with Crippen molar-refractivity contribution in [2.24, 2.45) is 0 Å². The number of hydrogen-bond donors (Lipinski definition) is 0. The van der Waals surface area contributed by atoms with Crippen LogP contribution in [0.25, 0.3) is 60.9 Å². The standard InChI is InChI=1S/C56H50N2O/c1-6-39(2)40-17-19-43(20-18-40)45-25-35-54-52(37-45)53-38-46(26-36-55(53)58(54)50-31-33-51(34-32-50)59-56(3,4)5)44-23-29-49(30-24-44)57(47-15-11-8-12-16-47)48-27-21-42(22-28-48)41-13-9-7-10-14-41/h7-39H,6H2,1-5H3. The maximum atomic E-state index is 6.19. The zero-order valence-electron chi connectivity index (χ0n) is 34.6. The van der Waals surface area contributed by atoms with Crippen LogP contribution in [0.3, 0.4) is 0 Å². The first-order valence-corrected chi connectivity index (χ1v) is 20.8. The molecule has 9 rings (SSSR count). The number of fused-ring (bicyclic) bond motifs is 3. The van der Waals surface area contributed by atoms with Crippen LogP contribution in [0.4, 0.5) is 17.1 Å². The molecule has 1 heterocycles. The van der Waals surface area contributed by atoms with Crippen molar-refractivity contribution < 1.29 is 4.74 Å².